The quantitative estimate of drug-likeness (QED) is 0.674. The number of halogens is 1. The van der Waals surface area contributed by atoms with Crippen LogP contribution in [0.5, 0.6) is 0 Å². The van der Waals surface area contributed by atoms with Crippen LogP contribution in [0.3, 0.4) is 0 Å². The molecule has 0 aliphatic heterocycles. The molecule has 3 unspecified atom stereocenters. The van der Waals surface area contributed by atoms with Gasteiger partial charge in [-0.25, -0.2) is 0 Å². The smallest absolute Gasteiger partial charge is 0.0906 e. The summed E-state index contributed by atoms with van der Waals surface area (Å²) < 4.78 is 11.9. The van der Waals surface area contributed by atoms with Gasteiger partial charge in [0.1, 0.15) is 0 Å². The van der Waals surface area contributed by atoms with Crippen molar-refractivity contribution in [2.24, 2.45) is 11.8 Å². The molecule has 1 aliphatic rings. The van der Waals surface area contributed by atoms with Crippen molar-refractivity contribution in [1.82, 2.24) is 5.32 Å². The van der Waals surface area contributed by atoms with E-state index in [9.17, 15) is 4.39 Å². The molecule has 1 aliphatic carbocycles. The molecule has 0 aromatic carbocycles. The zero-order valence-corrected chi connectivity index (χ0v) is 9.56. The fourth-order valence-electron chi connectivity index (χ4n) is 2.57. The van der Waals surface area contributed by atoms with Crippen molar-refractivity contribution in [2.45, 2.75) is 52.0 Å². The number of alkyl halides is 1. The van der Waals surface area contributed by atoms with E-state index < -0.39 is 0 Å². The summed E-state index contributed by atoms with van der Waals surface area (Å²) >= 11 is 0. The number of hydrogen-bond acceptors (Lipinski definition) is 1. The summed E-state index contributed by atoms with van der Waals surface area (Å²) in [6, 6.07) is 0.655. The van der Waals surface area contributed by atoms with Gasteiger partial charge in [0.15, 0.2) is 0 Å². The van der Waals surface area contributed by atoms with E-state index in [2.05, 4.69) is 19.2 Å². The topological polar surface area (TPSA) is 12.0 Å². The average Bonchev–Trinajstić information content (AvgIpc) is 2.20. The molecule has 2 heteroatoms. The minimum atomic E-state index is -0.188. The van der Waals surface area contributed by atoms with Crippen molar-refractivity contribution >= 4 is 0 Å². The van der Waals surface area contributed by atoms with E-state index in [0.29, 0.717) is 12.5 Å². The molecule has 0 heterocycles. The van der Waals surface area contributed by atoms with Crippen LogP contribution >= 0.6 is 0 Å². The Bertz CT molecular complexity index is 149. The van der Waals surface area contributed by atoms with Crippen molar-refractivity contribution in [3.63, 3.8) is 0 Å². The second kappa shape index (κ2) is 6.39. The maximum absolute atomic E-state index is 11.9. The van der Waals surface area contributed by atoms with Crippen molar-refractivity contribution in [3.8, 4) is 0 Å². The molecule has 0 radical (unpaired) electrons. The lowest BCUT2D eigenvalue weighted by atomic mass is 9.77. The Hall–Kier alpha value is -0.110. The molecule has 1 saturated carbocycles. The SMILES string of the molecule is CCC1CC(C)CCC1NCCCF. The van der Waals surface area contributed by atoms with Gasteiger partial charge in [-0.15, -0.1) is 0 Å². The number of hydrogen-bond donors (Lipinski definition) is 1. The van der Waals surface area contributed by atoms with Crippen molar-refractivity contribution in [2.75, 3.05) is 13.2 Å². The van der Waals surface area contributed by atoms with E-state index in [1.165, 1.54) is 25.7 Å². The first-order valence-corrected chi connectivity index (χ1v) is 6.07. The van der Waals surface area contributed by atoms with Crippen LogP contribution in [0.25, 0.3) is 0 Å². The minimum absolute atomic E-state index is 0.188. The predicted octanol–water partition coefficient (Wildman–Crippen LogP) is 3.15. The van der Waals surface area contributed by atoms with E-state index >= 15 is 0 Å². The molecule has 0 saturated heterocycles. The van der Waals surface area contributed by atoms with Gasteiger partial charge in [-0.2, -0.15) is 0 Å². The Morgan fingerprint density at radius 1 is 1.36 bits per heavy atom. The molecular weight excluding hydrogens is 177 g/mol. The molecule has 1 rings (SSSR count). The summed E-state index contributed by atoms with van der Waals surface area (Å²) in [6.45, 7) is 5.28. The predicted molar refractivity (Wildman–Crippen MR) is 59.2 cm³/mol. The third-order valence-corrected chi connectivity index (χ3v) is 3.49. The van der Waals surface area contributed by atoms with Gasteiger partial charge >= 0.3 is 0 Å². The zero-order valence-electron chi connectivity index (χ0n) is 9.56. The fourth-order valence-corrected chi connectivity index (χ4v) is 2.57. The molecule has 0 spiro atoms. The molecule has 1 fully saturated rings. The third-order valence-electron chi connectivity index (χ3n) is 3.49. The van der Waals surface area contributed by atoms with E-state index in [4.69, 9.17) is 0 Å². The lowest BCUT2D eigenvalue weighted by molar-refractivity contribution is 0.206. The molecule has 1 nitrogen and oxygen atoms in total. The van der Waals surface area contributed by atoms with Crippen LogP contribution in [-0.4, -0.2) is 19.3 Å². The summed E-state index contributed by atoms with van der Waals surface area (Å²) in [5, 5.41) is 3.50. The molecule has 0 bridgehead atoms. The van der Waals surface area contributed by atoms with Crippen LogP contribution in [0, 0.1) is 11.8 Å². The lowest BCUT2D eigenvalue weighted by Crippen LogP contribution is -2.40. The summed E-state index contributed by atoms with van der Waals surface area (Å²) in [5.41, 5.74) is 0. The number of rotatable bonds is 5. The highest BCUT2D eigenvalue weighted by Crippen LogP contribution is 2.30. The Kier molecular flexibility index (Phi) is 5.46. The molecule has 1 N–H and O–H groups in total. The summed E-state index contributed by atoms with van der Waals surface area (Å²) in [6.07, 6.45) is 5.90. The van der Waals surface area contributed by atoms with E-state index in [1.807, 2.05) is 0 Å². The van der Waals surface area contributed by atoms with Crippen LogP contribution < -0.4 is 5.32 Å². The highest BCUT2D eigenvalue weighted by molar-refractivity contribution is 4.82. The largest absolute Gasteiger partial charge is 0.314 e. The molecule has 84 valence electrons. The van der Waals surface area contributed by atoms with Gasteiger partial charge in [-0.05, 0) is 44.1 Å². The summed E-state index contributed by atoms with van der Waals surface area (Å²) in [4.78, 5) is 0. The fraction of sp³-hybridized carbons (Fsp3) is 1.00. The van der Waals surface area contributed by atoms with Gasteiger partial charge in [0, 0.05) is 6.04 Å². The Morgan fingerprint density at radius 3 is 2.79 bits per heavy atom. The van der Waals surface area contributed by atoms with Gasteiger partial charge in [0.05, 0.1) is 6.67 Å². The van der Waals surface area contributed by atoms with Crippen LogP contribution in [0.2, 0.25) is 0 Å². The van der Waals surface area contributed by atoms with Gasteiger partial charge in [-0.1, -0.05) is 20.3 Å². The molecule has 0 aromatic heterocycles. The normalized spacial score (nSPS) is 33.2. The molecule has 0 amide bonds. The zero-order chi connectivity index (χ0) is 10.4. The van der Waals surface area contributed by atoms with Gasteiger partial charge in [0.25, 0.3) is 0 Å². The molecule has 0 aromatic rings. The lowest BCUT2D eigenvalue weighted by Gasteiger charge is -2.35. The standard InChI is InChI=1S/C12H24FN/c1-3-11-9-10(2)5-6-12(11)14-8-4-7-13/h10-12,14H,3-9H2,1-2H3. The van der Waals surface area contributed by atoms with Gasteiger partial charge in [-0.3, -0.25) is 4.39 Å². The molecule has 14 heavy (non-hydrogen) atoms. The Morgan fingerprint density at radius 2 is 2.14 bits per heavy atom. The second-order valence-corrected chi connectivity index (χ2v) is 4.69. The maximum atomic E-state index is 11.9. The van der Waals surface area contributed by atoms with Crippen molar-refractivity contribution in [1.29, 1.82) is 0 Å². The summed E-state index contributed by atoms with van der Waals surface area (Å²) in [7, 11) is 0. The van der Waals surface area contributed by atoms with Crippen LogP contribution in [-0.2, 0) is 0 Å². The number of nitrogens with one attached hydrogen (secondary N) is 1. The molecular formula is C12H24FN. The highest BCUT2D eigenvalue weighted by atomic mass is 19.1. The van der Waals surface area contributed by atoms with Crippen LogP contribution in [0.15, 0.2) is 0 Å². The highest BCUT2D eigenvalue weighted by Gasteiger charge is 2.26. The first-order valence-electron chi connectivity index (χ1n) is 6.07. The van der Waals surface area contributed by atoms with Gasteiger partial charge in [0.2, 0.25) is 0 Å². The second-order valence-electron chi connectivity index (χ2n) is 4.69. The average molecular weight is 201 g/mol. The van der Waals surface area contributed by atoms with Crippen LogP contribution in [0.1, 0.15) is 46.0 Å². The third kappa shape index (κ3) is 3.56. The van der Waals surface area contributed by atoms with Crippen LogP contribution in [0.4, 0.5) is 4.39 Å². The summed E-state index contributed by atoms with van der Waals surface area (Å²) in [5.74, 6) is 1.71. The molecule has 3 atom stereocenters. The Balaban J connectivity index is 2.27. The maximum Gasteiger partial charge on any atom is 0.0906 e. The van der Waals surface area contributed by atoms with Gasteiger partial charge < -0.3 is 5.32 Å². The Labute approximate surface area is 87.5 Å². The minimum Gasteiger partial charge on any atom is -0.314 e. The first-order chi connectivity index (χ1) is 6.77. The van der Waals surface area contributed by atoms with E-state index in [1.54, 1.807) is 0 Å². The van der Waals surface area contributed by atoms with Crippen molar-refractivity contribution < 1.29 is 4.39 Å². The van der Waals surface area contributed by atoms with E-state index in [0.717, 1.165) is 18.4 Å². The monoisotopic (exact) mass is 201 g/mol. The first kappa shape index (κ1) is 12.0. The van der Waals surface area contributed by atoms with E-state index in [-0.39, 0.29) is 6.67 Å². The van der Waals surface area contributed by atoms with Crippen molar-refractivity contribution in [3.05, 3.63) is 0 Å².